The van der Waals surface area contributed by atoms with Gasteiger partial charge in [-0.3, -0.25) is 9.59 Å². The minimum Gasteiger partial charge on any atom is -0.374 e. The summed E-state index contributed by atoms with van der Waals surface area (Å²) in [6.45, 7) is 7.45. The normalized spacial score (nSPS) is 16.0. The largest absolute Gasteiger partial charge is 0.374 e. The quantitative estimate of drug-likeness (QED) is 0.848. The van der Waals surface area contributed by atoms with E-state index in [0.717, 1.165) is 24.3 Å². The highest BCUT2D eigenvalue weighted by atomic mass is 16.2. The average molecular weight is 303 g/mol. The third-order valence-corrected chi connectivity index (χ3v) is 3.71. The average Bonchev–Trinajstić information content (AvgIpc) is 2.91. The second kappa shape index (κ2) is 7.29. The summed E-state index contributed by atoms with van der Waals surface area (Å²) in [5, 5.41) is 6.09. The SMILES string of the molecule is CC(C)CNC(=O)C(C)Nc1ccc(N2CCCC2=O)cc1. The van der Waals surface area contributed by atoms with Crippen molar-refractivity contribution in [1.82, 2.24) is 5.32 Å². The molecule has 5 heteroatoms. The zero-order valence-corrected chi connectivity index (χ0v) is 13.6. The zero-order chi connectivity index (χ0) is 16.1. The van der Waals surface area contributed by atoms with Gasteiger partial charge < -0.3 is 15.5 Å². The van der Waals surface area contributed by atoms with Crippen molar-refractivity contribution in [2.45, 2.75) is 39.7 Å². The van der Waals surface area contributed by atoms with Crippen LogP contribution < -0.4 is 15.5 Å². The fraction of sp³-hybridized carbons (Fsp3) is 0.529. The Balaban J connectivity index is 1.90. The lowest BCUT2D eigenvalue weighted by atomic mass is 10.2. The van der Waals surface area contributed by atoms with Gasteiger partial charge in [-0.2, -0.15) is 0 Å². The molecule has 2 rings (SSSR count). The molecule has 1 aliphatic rings. The van der Waals surface area contributed by atoms with Crippen LogP contribution in [0.25, 0.3) is 0 Å². The standard InChI is InChI=1S/C17H25N3O2/c1-12(2)11-18-17(22)13(3)19-14-6-8-15(9-7-14)20-10-4-5-16(20)21/h6-9,12-13,19H,4-5,10-11H2,1-3H3,(H,18,22). The summed E-state index contributed by atoms with van der Waals surface area (Å²) in [4.78, 5) is 25.5. The molecule has 0 aromatic heterocycles. The van der Waals surface area contributed by atoms with E-state index in [1.807, 2.05) is 36.1 Å². The highest BCUT2D eigenvalue weighted by molar-refractivity contribution is 5.95. The van der Waals surface area contributed by atoms with Gasteiger partial charge in [0.05, 0.1) is 0 Å². The number of carbonyl (C=O) groups excluding carboxylic acids is 2. The van der Waals surface area contributed by atoms with E-state index in [-0.39, 0.29) is 17.9 Å². The number of nitrogens with zero attached hydrogens (tertiary/aromatic N) is 1. The summed E-state index contributed by atoms with van der Waals surface area (Å²) in [5.74, 6) is 0.614. The molecule has 5 nitrogen and oxygen atoms in total. The summed E-state index contributed by atoms with van der Waals surface area (Å²) in [6, 6.07) is 7.37. The van der Waals surface area contributed by atoms with Crippen molar-refractivity contribution in [3.8, 4) is 0 Å². The summed E-state index contributed by atoms with van der Waals surface area (Å²) in [7, 11) is 0. The topological polar surface area (TPSA) is 61.4 Å². The maximum Gasteiger partial charge on any atom is 0.242 e. The Bertz CT molecular complexity index is 525. The molecule has 1 atom stereocenters. The molecule has 1 unspecified atom stereocenters. The van der Waals surface area contributed by atoms with Gasteiger partial charge >= 0.3 is 0 Å². The summed E-state index contributed by atoms with van der Waals surface area (Å²) >= 11 is 0. The molecule has 120 valence electrons. The highest BCUT2D eigenvalue weighted by Gasteiger charge is 2.21. The van der Waals surface area contributed by atoms with Crippen LogP contribution in [0.2, 0.25) is 0 Å². The Morgan fingerprint density at radius 2 is 1.91 bits per heavy atom. The monoisotopic (exact) mass is 303 g/mol. The van der Waals surface area contributed by atoms with Crippen molar-refractivity contribution in [3.05, 3.63) is 24.3 Å². The molecule has 0 saturated carbocycles. The second-order valence-corrected chi connectivity index (χ2v) is 6.20. The third-order valence-electron chi connectivity index (χ3n) is 3.71. The van der Waals surface area contributed by atoms with Crippen molar-refractivity contribution in [2.75, 3.05) is 23.3 Å². The van der Waals surface area contributed by atoms with Gasteiger partial charge in [0.2, 0.25) is 11.8 Å². The van der Waals surface area contributed by atoms with Crippen LogP contribution in [-0.2, 0) is 9.59 Å². The number of nitrogens with one attached hydrogen (secondary N) is 2. The van der Waals surface area contributed by atoms with Gasteiger partial charge in [0.25, 0.3) is 0 Å². The summed E-state index contributed by atoms with van der Waals surface area (Å²) in [5.41, 5.74) is 1.80. The lowest BCUT2D eigenvalue weighted by Gasteiger charge is -2.18. The number of hydrogen-bond donors (Lipinski definition) is 2. The first-order chi connectivity index (χ1) is 10.5. The molecule has 22 heavy (non-hydrogen) atoms. The van der Waals surface area contributed by atoms with E-state index in [1.165, 1.54) is 0 Å². The van der Waals surface area contributed by atoms with E-state index < -0.39 is 0 Å². The molecule has 1 aliphatic heterocycles. The molecule has 1 heterocycles. The van der Waals surface area contributed by atoms with Crippen molar-refractivity contribution in [2.24, 2.45) is 5.92 Å². The first kappa shape index (κ1) is 16.3. The molecule has 1 aromatic rings. The van der Waals surface area contributed by atoms with Gasteiger partial charge in [-0.15, -0.1) is 0 Å². The van der Waals surface area contributed by atoms with Crippen LogP contribution >= 0.6 is 0 Å². The van der Waals surface area contributed by atoms with Gasteiger partial charge in [-0.25, -0.2) is 0 Å². The van der Waals surface area contributed by atoms with Gasteiger partial charge in [-0.05, 0) is 43.5 Å². The van der Waals surface area contributed by atoms with Gasteiger partial charge in [0.1, 0.15) is 6.04 Å². The fourth-order valence-electron chi connectivity index (χ4n) is 2.43. The van der Waals surface area contributed by atoms with Crippen LogP contribution in [0.15, 0.2) is 24.3 Å². The van der Waals surface area contributed by atoms with Gasteiger partial charge in [-0.1, -0.05) is 13.8 Å². The van der Waals surface area contributed by atoms with Crippen LogP contribution in [0.4, 0.5) is 11.4 Å². The molecule has 1 saturated heterocycles. The van der Waals surface area contributed by atoms with E-state index in [9.17, 15) is 9.59 Å². The van der Waals surface area contributed by atoms with Crippen LogP contribution in [0, 0.1) is 5.92 Å². The minimum absolute atomic E-state index is 0.00695. The van der Waals surface area contributed by atoms with E-state index in [1.54, 1.807) is 0 Å². The van der Waals surface area contributed by atoms with Crippen molar-refractivity contribution < 1.29 is 9.59 Å². The maximum absolute atomic E-state index is 11.9. The Hall–Kier alpha value is -2.04. The number of carbonyl (C=O) groups is 2. The lowest BCUT2D eigenvalue weighted by molar-refractivity contribution is -0.121. The van der Waals surface area contributed by atoms with E-state index in [4.69, 9.17) is 0 Å². The van der Waals surface area contributed by atoms with Crippen LogP contribution in [-0.4, -0.2) is 30.9 Å². The molecular weight excluding hydrogens is 278 g/mol. The van der Waals surface area contributed by atoms with Crippen molar-refractivity contribution in [3.63, 3.8) is 0 Å². The highest BCUT2D eigenvalue weighted by Crippen LogP contribution is 2.23. The second-order valence-electron chi connectivity index (χ2n) is 6.20. The minimum atomic E-state index is -0.294. The third kappa shape index (κ3) is 4.23. The fourth-order valence-corrected chi connectivity index (χ4v) is 2.43. The predicted molar refractivity (Wildman–Crippen MR) is 89.0 cm³/mol. The van der Waals surface area contributed by atoms with E-state index in [2.05, 4.69) is 24.5 Å². The number of anilines is 2. The Morgan fingerprint density at radius 1 is 1.23 bits per heavy atom. The molecule has 0 bridgehead atoms. The van der Waals surface area contributed by atoms with Crippen LogP contribution in [0.5, 0.6) is 0 Å². The van der Waals surface area contributed by atoms with Crippen molar-refractivity contribution in [1.29, 1.82) is 0 Å². The van der Waals surface area contributed by atoms with Crippen molar-refractivity contribution >= 4 is 23.2 Å². The summed E-state index contributed by atoms with van der Waals surface area (Å²) < 4.78 is 0. The number of benzene rings is 1. The molecule has 2 amide bonds. The zero-order valence-electron chi connectivity index (χ0n) is 13.6. The van der Waals surface area contributed by atoms with E-state index >= 15 is 0 Å². The number of rotatable bonds is 6. The Kier molecular flexibility index (Phi) is 5.41. The van der Waals surface area contributed by atoms with Crippen LogP contribution in [0.1, 0.15) is 33.6 Å². The Labute approximate surface area is 132 Å². The number of hydrogen-bond acceptors (Lipinski definition) is 3. The van der Waals surface area contributed by atoms with Gasteiger partial charge in [0, 0.05) is 30.9 Å². The first-order valence-electron chi connectivity index (χ1n) is 7.92. The first-order valence-corrected chi connectivity index (χ1v) is 7.92. The van der Waals surface area contributed by atoms with Gasteiger partial charge in [0.15, 0.2) is 0 Å². The maximum atomic E-state index is 11.9. The van der Waals surface area contributed by atoms with Crippen LogP contribution in [0.3, 0.4) is 0 Å². The molecule has 0 spiro atoms. The molecule has 0 aliphatic carbocycles. The summed E-state index contributed by atoms with van der Waals surface area (Å²) in [6.07, 6.45) is 1.55. The predicted octanol–water partition coefficient (Wildman–Crippen LogP) is 2.39. The number of amides is 2. The Morgan fingerprint density at radius 3 is 2.45 bits per heavy atom. The molecule has 2 N–H and O–H groups in total. The lowest BCUT2D eigenvalue weighted by Crippen LogP contribution is -2.39. The van der Waals surface area contributed by atoms with E-state index in [0.29, 0.717) is 18.9 Å². The molecular formula is C17H25N3O2. The molecule has 0 radical (unpaired) electrons. The molecule has 1 fully saturated rings. The molecule has 1 aromatic carbocycles. The smallest absolute Gasteiger partial charge is 0.242 e.